The molecular formula is C8H17NO2. The van der Waals surface area contributed by atoms with E-state index < -0.39 is 0 Å². The fraction of sp³-hybridized carbons (Fsp3) is 1.00. The van der Waals surface area contributed by atoms with Crippen LogP contribution in [0.2, 0.25) is 0 Å². The minimum absolute atomic E-state index is 0.102. The molecular weight excluding hydrogens is 142 g/mol. The quantitative estimate of drug-likeness (QED) is 0.531. The van der Waals surface area contributed by atoms with Crippen molar-refractivity contribution in [1.29, 1.82) is 0 Å². The Kier molecular flexibility index (Phi) is 3.83. The highest BCUT2D eigenvalue weighted by molar-refractivity contribution is 4.74. The third-order valence-electron chi connectivity index (χ3n) is 2.35. The van der Waals surface area contributed by atoms with Crippen LogP contribution in [0.3, 0.4) is 0 Å². The van der Waals surface area contributed by atoms with E-state index >= 15 is 0 Å². The topological polar surface area (TPSA) is 52.5 Å². The SMILES string of the molecule is OCC[C@H](O)C1CCNCC1. The van der Waals surface area contributed by atoms with Gasteiger partial charge < -0.3 is 15.5 Å². The number of hydrogen-bond acceptors (Lipinski definition) is 3. The Morgan fingerprint density at radius 2 is 2.00 bits per heavy atom. The lowest BCUT2D eigenvalue weighted by Crippen LogP contribution is -2.34. The fourth-order valence-electron chi connectivity index (χ4n) is 1.60. The highest BCUT2D eigenvalue weighted by Crippen LogP contribution is 2.17. The van der Waals surface area contributed by atoms with Crippen molar-refractivity contribution in [3.63, 3.8) is 0 Å². The van der Waals surface area contributed by atoms with Crippen LogP contribution in [0, 0.1) is 5.92 Å². The van der Waals surface area contributed by atoms with Crippen molar-refractivity contribution in [2.45, 2.75) is 25.4 Å². The molecule has 3 heteroatoms. The second kappa shape index (κ2) is 4.70. The maximum Gasteiger partial charge on any atom is 0.0591 e. The van der Waals surface area contributed by atoms with E-state index in [9.17, 15) is 5.11 Å². The molecule has 0 unspecified atom stereocenters. The molecule has 0 spiro atoms. The second-order valence-electron chi connectivity index (χ2n) is 3.17. The lowest BCUT2D eigenvalue weighted by atomic mass is 9.91. The minimum atomic E-state index is -0.290. The fourth-order valence-corrected chi connectivity index (χ4v) is 1.60. The predicted molar refractivity (Wildman–Crippen MR) is 43.3 cm³/mol. The average molecular weight is 159 g/mol. The van der Waals surface area contributed by atoms with Crippen LogP contribution in [0.1, 0.15) is 19.3 Å². The Balaban J connectivity index is 2.21. The summed E-state index contributed by atoms with van der Waals surface area (Å²) < 4.78 is 0. The van der Waals surface area contributed by atoms with Gasteiger partial charge in [-0.2, -0.15) is 0 Å². The molecule has 3 nitrogen and oxygen atoms in total. The zero-order chi connectivity index (χ0) is 8.10. The summed E-state index contributed by atoms with van der Waals surface area (Å²) in [5, 5.41) is 21.3. The van der Waals surface area contributed by atoms with Crippen LogP contribution in [0.5, 0.6) is 0 Å². The lowest BCUT2D eigenvalue weighted by Gasteiger charge is -2.26. The van der Waals surface area contributed by atoms with Crippen LogP contribution in [-0.4, -0.2) is 36.0 Å². The molecule has 1 rings (SSSR count). The molecule has 1 fully saturated rings. The van der Waals surface area contributed by atoms with Gasteiger partial charge in [0.1, 0.15) is 0 Å². The smallest absolute Gasteiger partial charge is 0.0591 e. The number of hydrogen-bond donors (Lipinski definition) is 3. The molecule has 1 aliphatic heterocycles. The average Bonchev–Trinajstić information content (AvgIpc) is 2.07. The van der Waals surface area contributed by atoms with Crippen LogP contribution in [0.25, 0.3) is 0 Å². The first-order valence-electron chi connectivity index (χ1n) is 4.34. The summed E-state index contributed by atoms with van der Waals surface area (Å²) >= 11 is 0. The van der Waals surface area contributed by atoms with E-state index in [2.05, 4.69) is 5.32 Å². The first-order chi connectivity index (χ1) is 5.34. The van der Waals surface area contributed by atoms with Gasteiger partial charge in [-0.25, -0.2) is 0 Å². The molecule has 1 atom stereocenters. The summed E-state index contributed by atoms with van der Waals surface area (Å²) in [5.41, 5.74) is 0. The molecule has 3 N–H and O–H groups in total. The predicted octanol–water partition coefficient (Wildman–Crippen LogP) is -0.271. The Hall–Kier alpha value is -0.120. The summed E-state index contributed by atoms with van der Waals surface area (Å²) in [4.78, 5) is 0. The maximum absolute atomic E-state index is 9.49. The van der Waals surface area contributed by atoms with Crippen molar-refractivity contribution < 1.29 is 10.2 Å². The number of piperidine rings is 1. The van der Waals surface area contributed by atoms with Gasteiger partial charge in [0.15, 0.2) is 0 Å². The van der Waals surface area contributed by atoms with E-state index in [1.165, 1.54) is 0 Å². The summed E-state index contributed by atoms with van der Waals surface area (Å²) in [5.74, 6) is 0.406. The zero-order valence-corrected chi connectivity index (χ0v) is 6.79. The van der Waals surface area contributed by atoms with E-state index in [1.54, 1.807) is 0 Å². The maximum atomic E-state index is 9.49. The number of aliphatic hydroxyl groups excluding tert-OH is 2. The Morgan fingerprint density at radius 3 is 2.55 bits per heavy atom. The summed E-state index contributed by atoms with van der Waals surface area (Å²) in [6, 6.07) is 0. The number of aliphatic hydroxyl groups is 2. The molecule has 1 aliphatic rings. The van der Waals surface area contributed by atoms with Gasteiger partial charge in [-0.15, -0.1) is 0 Å². The Morgan fingerprint density at radius 1 is 1.36 bits per heavy atom. The molecule has 66 valence electrons. The highest BCUT2D eigenvalue weighted by Gasteiger charge is 2.20. The van der Waals surface area contributed by atoms with Gasteiger partial charge in [0.25, 0.3) is 0 Å². The van der Waals surface area contributed by atoms with Gasteiger partial charge in [-0.1, -0.05) is 0 Å². The second-order valence-corrected chi connectivity index (χ2v) is 3.17. The number of rotatable bonds is 3. The Bertz CT molecular complexity index is 102. The molecule has 0 amide bonds. The molecule has 0 radical (unpaired) electrons. The summed E-state index contributed by atoms with van der Waals surface area (Å²) in [7, 11) is 0. The minimum Gasteiger partial charge on any atom is -0.396 e. The first-order valence-corrected chi connectivity index (χ1v) is 4.34. The Labute approximate surface area is 67.4 Å². The molecule has 0 aromatic carbocycles. The van der Waals surface area contributed by atoms with Crippen molar-refractivity contribution in [2.24, 2.45) is 5.92 Å². The molecule has 11 heavy (non-hydrogen) atoms. The molecule has 0 aliphatic carbocycles. The van der Waals surface area contributed by atoms with Crippen LogP contribution in [0.15, 0.2) is 0 Å². The van der Waals surface area contributed by atoms with Crippen molar-refractivity contribution in [3.8, 4) is 0 Å². The normalized spacial score (nSPS) is 23.5. The van der Waals surface area contributed by atoms with Crippen molar-refractivity contribution in [3.05, 3.63) is 0 Å². The monoisotopic (exact) mass is 159 g/mol. The zero-order valence-electron chi connectivity index (χ0n) is 6.79. The van der Waals surface area contributed by atoms with Gasteiger partial charge in [0, 0.05) is 6.61 Å². The van der Waals surface area contributed by atoms with Gasteiger partial charge in [0.2, 0.25) is 0 Å². The van der Waals surface area contributed by atoms with E-state index in [0.717, 1.165) is 25.9 Å². The summed E-state index contributed by atoms with van der Waals surface area (Å²) in [6.45, 7) is 2.12. The van der Waals surface area contributed by atoms with E-state index in [1.807, 2.05) is 0 Å². The van der Waals surface area contributed by atoms with Gasteiger partial charge in [-0.05, 0) is 38.3 Å². The van der Waals surface area contributed by atoms with Crippen molar-refractivity contribution in [2.75, 3.05) is 19.7 Å². The van der Waals surface area contributed by atoms with Gasteiger partial charge in [0.05, 0.1) is 6.10 Å². The van der Waals surface area contributed by atoms with Crippen LogP contribution < -0.4 is 5.32 Å². The summed E-state index contributed by atoms with van der Waals surface area (Å²) in [6.07, 6.45) is 2.33. The van der Waals surface area contributed by atoms with Crippen molar-refractivity contribution >= 4 is 0 Å². The van der Waals surface area contributed by atoms with Crippen molar-refractivity contribution in [1.82, 2.24) is 5.32 Å². The standard InChI is InChI=1S/C8H17NO2/c10-6-3-8(11)7-1-4-9-5-2-7/h7-11H,1-6H2/t8-/m0/s1. The van der Waals surface area contributed by atoms with E-state index in [4.69, 9.17) is 5.11 Å². The lowest BCUT2D eigenvalue weighted by molar-refractivity contribution is 0.0640. The molecule has 1 heterocycles. The third-order valence-corrected chi connectivity index (χ3v) is 2.35. The van der Waals surface area contributed by atoms with E-state index in [0.29, 0.717) is 12.3 Å². The van der Waals surface area contributed by atoms with Crippen LogP contribution in [-0.2, 0) is 0 Å². The molecule has 1 saturated heterocycles. The van der Waals surface area contributed by atoms with Crippen LogP contribution in [0.4, 0.5) is 0 Å². The van der Waals surface area contributed by atoms with E-state index in [-0.39, 0.29) is 12.7 Å². The first kappa shape index (κ1) is 8.97. The third kappa shape index (κ3) is 2.77. The largest absolute Gasteiger partial charge is 0.396 e. The highest BCUT2D eigenvalue weighted by atomic mass is 16.3. The van der Waals surface area contributed by atoms with Crippen LogP contribution >= 0.6 is 0 Å². The molecule has 0 saturated carbocycles. The number of nitrogens with one attached hydrogen (secondary N) is 1. The molecule has 0 aromatic rings. The molecule has 0 bridgehead atoms. The van der Waals surface area contributed by atoms with Gasteiger partial charge >= 0.3 is 0 Å². The molecule has 0 aromatic heterocycles. The van der Waals surface area contributed by atoms with Gasteiger partial charge in [-0.3, -0.25) is 0 Å².